The summed E-state index contributed by atoms with van der Waals surface area (Å²) in [6, 6.07) is 8.36. The number of benzene rings is 1. The van der Waals surface area contributed by atoms with Crippen molar-refractivity contribution in [2.24, 2.45) is 4.99 Å². The average Bonchev–Trinajstić information content (AvgIpc) is 2.90. The van der Waals surface area contributed by atoms with Gasteiger partial charge in [0.1, 0.15) is 0 Å². The van der Waals surface area contributed by atoms with Crippen molar-refractivity contribution in [3.8, 4) is 0 Å². The first-order valence-electron chi connectivity index (χ1n) is 7.83. The zero-order chi connectivity index (χ0) is 15.5. The Balaban J connectivity index is 1.69. The minimum absolute atomic E-state index is 0.106. The van der Waals surface area contributed by atoms with Crippen LogP contribution in [0.15, 0.2) is 34.2 Å². The lowest BCUT2D eigenvalue weighted by atomic mass is 10.1. The van der Waals surface area contributed by atoms with E-state index in [0.717, 1.165) is 48.2 Å². The van der Waals surface area contributed by atoms with Gasteiger partial charge in [-0.3, -0.25) is 4.79 Å². The lowest BCUT2D eigenvalue weighted by molar-refractivity contribution is -0.883. The predicted octanol–water partition coefficient (Wildman–Crippen LogP) is 1.05. The monoisotopic (exact) mass is 316 g/mol. The first-order valence-corrected chi connectivity index (χ1v) is 8.65. The van der Waals surface area contributed by atoms with Gasteiger partial charge in [-0.25, -0.2) is 0 Å². The van der Waals surface area contributed by atoms with E-state index in [-0.39, 0.29) is 5.91 Å². The molecule has 5 heteroatoms. The molecule has 0 saturated carbocycles. The van der Waals surface area contributed by atoms with E-state index >= 15 is 0 Å². The van der Waals surface area contributed by atoms with Gasteiger partial charge in [0.25, 0.3) is 5.91 Å². The molecule has 0 aromatic heterocycles. The van der Waals surface area contributed by atoms with Gasteiger partial charge in [-0.15, -0.1) is 0 Å². The maximum absolute atomic E-state index is 12.1. The first kappa shape index (κ1) is 15.3. The number of nitrogens with zero attached hydrogens (tertiary/aromatic N) is 2. The SMILES string of the molecule is CCc1ccc(/C=C2/SC(N3CC[NH+](C)CC3)=NC2=O)cc1. The molecule has 4 nitrogen and oxygen atoms in total. The van der Waals surface area contributed by atoms with Crippen LogP contribution in [0.4, 0.5) is 0 Å². The van der Waals surface area contributed by atoms with Crippen LogP contribution in [-0.2, 0) is 11.2 Å². The molecule has 2 aliphatic rings. The van der Waals surface area contributed by atoms with Gasteiger partial charge >= 0.3 is 0 Å². The topological polar surface area (TPSA) is 37.1 Å². The summed E-state index contributed by atoms with van der Waals surface area (Å²) in [7, 11) is 2.21. The molecular formula is C17H22N3OS+. The summed E-state index contributed by atoms with van der Waals surface area (Å²) in [6.07, 6.45) is 2.98. The highest BCUT2D eigenvalue weighted by Gasteiger charge is 2.28. The van der Waals surface area contributed by atoms with Gasteiger partial charge in [0, 0.05) is 0 Å². The Morgan fingerprint density at radius 3 is 2.59 bits per heavy atom. The Labute approximate surface area is 135 Å². The van der Waals surface area contributed by atoms with Crippen molar-refractivity contribution in [2.75, 3.05) is 33.2 Å². The number of hydrogen-bond donors (Lipinski definition) is 1. The van der Waals surface area contributed by atoms with E-state index in [1.807, 2.05) is 6.08 Å². The van der Waals surface area contributed by atoms with Crippen LogP contribution >= 0.6 is 11.8 Å². The van der Waals surface area contributed by atoms with Gasteiger partial charge in [0.2, 0.25) is 0 Å². The van der Waals surface area contributed by atoms with Crippen molar-refractivity contribution in [3.05, 3.63) is 40.3 Å². The van der Waals surface area contributed by atoms with Gasteiger partial charge in [-0.05, 0) is 35.4 Å². The maximum atomic E-state index is 12.1. The third-order valence-electron chi connectivity index (χ3n) is 4.18. The largest absolute Gasteiger partial charge is 0.339 e. The first-order chi connectivity index (χ1) is 10.7. The Morgan fingerprint density at radius 2 is 1.95 bits per heavy atom. The van der Waals surface area contributed by atoms with Crippen molar-refractivity contribution < 1.29 is 9.69 Å². The maximum Gasteiger partial charge on any atom is 0.286 e. The van der Waals surface area contributed by atoms with Crippen LogP contribution in [0.25, 0.3) is 6.08 Å². The summed E-state index contributed by atoms with van der Waals surface area (Å²) >= 11 is 1.51. The molecule has 0 atom stereocenters. The third-order valence-corrected chi connectivity index (χ3v) is 5.23. The van der Waals surface area contributed by atoms with E-state index in [2.05, 4.69) is 48.1 Å². The second kappa shape index (κ2) is 6.67. The Hall–Kier alpha value is -1.59. The van der Waals surface area contributed by atoms with Crippen molar-refractivity contribution in [3.63, 3.8) is 0 Å². The quantitative estimate of drug-likeness (QED) is 0.829. The van der Waals surface area contributed by atoms with Gasteiger partial charge < -0.3 is 9.80 Å². The Morgan fingerprint density at radius 1 is 1.27 bits per heavy atom. The molecule has 1 aromatic rings. The van der Waals surface area contributed by atoms with Gasteiger partial charge in [0.15, 0.2) is 5.17 Å². The molecule has 2 heterocycles. The minimum Gasteiger partial charge on any atom is -0.339 e. The molecule has 3 rings (SSSR count). The molecule has 1 saturated heterocycles. The molecule has 116 valence electrons. The summed E-state index contributed by atoms with van der Waals surface area (Å²) < 4.78 is 0. The number of carbonyl (C=O) groups excluding carboxylic acids is 1. The Bertz CT molecular complexity index is 613. The molecule has 0 unspecified atom stereocenters. The molecule has 1 amide bonds. The molecule has 1 aromatic carbocycles. The van der Waals surface area contributed by atoms with Crippen LogP contribution in [0.1, 0.15) is 18.1 Å². The van der Waals surface area contributed by atoms with Gasteiger partial charge in [-0.2, -0.15) is 4.99 Å². The van der Waals surface area contributed by atoms with E-state index < -0.39 is 0 Å². The van der Waals surface area contributed by atoms with Crippen LogP contribution in [0.5, 0.6) is 0 Å². The number of nitrogens with one attached hydrogen (secondary N) is 1. The van der Waals surface area contributed by atoms with Gasteiger partial charge in [-0.1, -0.05) is 31.2 Å². The van der Waals surface area contributed by atoms with Crippen molar-refractivity contribution in [2.45, 2.75) is 13.3 Å². The highest BCUT2D eigenvalue weighted by molar-refractivity contribution is 8.18. The molecule has 1 N–H and O–H groups in total. The third kappa shape index (κ3) is 3.42. The highest BCUT2D eigenvalue weighted by Crippen LogP contribution is 2.30. The van der Waals surface area contributed by atoms with E-state index in [1.165, 1.54) is 22.2 Å². The zero-order valence-electron chi connectivity index (χ0n) is 13.1. The number of quaternary nitrogens is 1. The molecular weight excluding hydrogens is 294 g/mol. The number of carbonyl (C=O) groups is 1. The second-order valence-electron chi connectivity index (χ2n) is 5.85. The number of aliphatic imine (C=N–C) groups is 1. The molecule has 2 aliphatic heterocycles. The number of thioether (sulfide) groups is 1. The minimum atomic E-state index is -0.106. The lowest BCUT2D eigenvalue weighted by Gasteiger charge is -2.30. The summed E-state index contributed by atoms with van der Waals surface area (Å²) in [4.78, 5) is 20.8. The molecule has 22 heavy (non-hydrogen) atoms. The molecule has 0 radical (unpaired) electrons. The number of likely N-dealkylation sites (N-methyl/N-ethyl adjacent to an activating group) is 1. The molecule has 0 aliphatic carbocycles. The van der Waals surface area contributed by atoms with E-state index in [9.17, 15) is 4.79 Å². The Kier molecular flexibility index (Phi) is 4.64. The fourth-order valence-corrected chi connectivity index (χ4v) is 3.58. The van der Waals surface area contributed by atoms with E-state index in [4.69, 9.17) is 0 Å². The number of piperazine rings is 1. The number of amidine groups is 1. The average molecular weight is 316 g/mol. The van der Waals surface area contributed by atoms with Crippen LogP contribution < -0.4 is 4.90 Å². The molecule has 0 spiro atoms. The molecule has 0 bridgehead atoms. The highest BCUT2D eigenvalue weighted by atomic mass is 32.2. The number of rotatable bonds is 2. The second-order valence-corrected chi connectivity index (χ2v) is 6.86. The number of aryl methyl sites for hydroxylation is 1. The van der Waals surface area contributed by atoms with Crippen molar-refractivity contribution in [1.29, 1.82) is 0 Å². The van der Waals surface area contributed by atoms with Crippen molar-refractivity contribution in [1.82, 2.24) is 4.90 Å². The normalized spacial score (nSPS) is 21.5. The zero-order valence-corrected chi connectivity index (χ0v) is 13.9. The van der Waals surface area contributed by atoms with Crippen molar-refractivity contribution >= 4 is 28.9 Å². The fourth-order valence-electron chi connectivity index (χ4n) is 2.61. The summed E-state index contributed by atoms with van der Waals surface area (Å²) in [5, 5.41) is 0.869. The van der Waals surface area contributed by atoms with Crippen LogP contribution in [0, 0.1) is 0 Å². The van der Waals surface area contributed by atoms with E-state index in [0.29, 0.717) is 0 Å². The smallest absolute Gasteiger partial charge is 0.286 e. The van der Waals surface area contributed by atoms with Gasteiger partial charge in [0.05, 0.1) is 38.1 Å². The summed E-state index contributed by atoms with van der Waals surface area (Å²) in [6.45, 7) is 6.30. The standard InChI is InChI=1S/C17H21N3OS/c1-3-13-4-6-14(7-5-13)12-15-16(21)18-17(22-15)20-10-8-19(2)9-11-20/h4-7,12H,3,8-11H2,1-2H3/p+1/b15-12+. The molecule has 1 fully saturated rings. The number of amides is 1. The summed E-state index contributed by atoms with van der Waals surface area (Å²) in [5.41, 5.74) is 2.37. The lowest BCUT2D eigenvalue weighted by Crippen LogP contribution is -3.12. The van der Waals surface area contributed by atoms with Crippen LogP contribution in [-0.4, -0.2) is 49.2 Å². The van der Waals surface area contributed by atoms with Crippen LogP contribution in [0.2, 0.25) is 0 Å². The van der Waals surface area contributed by atoms with Crippen LogP contribution in [0.3, 0.4) is 0 Å². The fraction of sp³-hybridized carbons (Fsp3) is 0.412. The van der Waals surface area contributed by atoms with E-state index in [1.54, 1.807) is 0 Å². The predicted molar refractivity (Wildman–Crippen MR) is 92.0 cm³/mol. The summed E-state index contributed by atoms with van der Waals surface area (Å²) in [5.74, 6) is -0.106. The number of hydrogen-bond acceptors (Lipinski definition) is 3.